The Hall–Kier alpha value is -2.33. The first-order valence-corrected chi connectivity index (χ1v) is 6.71. The lowest BCUT2D eigenvalue weighted by atomic mass is 10.1. The molecular weight excluding hydrogens is 266 g/mol. The van der Waals surface area contributed by atoms with Crippen molar-refractivity contribution in [3.8, 4) is 11.3 Å². The monoisotopic (exact) mass is 285 g/mol. The van der Waals surface area contributed by atoms with Gasteiger partial charge in [-0.2, -0.15) is 0 Å². The van der Waals surface area contributed by atoms with Crippen LogP contribution in [0.15, 0.2) is 46.9 Å². The van der Waals surface area contributed by atoms with Crippen LogP contribution in [0, 0.1) is 0 Å². The van der Waals surface area contributed by atoms with Gasteiger partial charge in [0, 0.05) is 18.2 Å². The Morgan fingerprint density at radius 1 is 1.19 bits per heavy atom. The SMILES string of the molecule is C/C(=C\C(=O)O)c1ccc(-c2ccc(CN(C)C)cc2)o1. The molecule has 4 heteroatoms. The van der Waals surface area contributed by atoms with E-state index in [0.29, 0.717) is 11.3 Å². The van der Waals surface area contributed by atoms with Gasteiger partial charge in [-0.15, -0.1) is 0 Å². The quantitative estimate of drug-likeness (QED) is 0.854. The second-order valence-electron chi connectivity index (χ2n) is 5.26. The molecule has 0 atom stereocenters. The summed E-state index contributed by atoms with van der Waals surface area (Å²) in [7, 11) is 4.06. The van der Waals surface area contributed by atoms with Gasteiger partial charge in [0.2, 0.25) is 0 Å². The molecule has 0 amide bonds. The molecule has 0 saturated carbocycles. The summed E-state index contributed by atoms with van der Waals surface area (Å²) < 4.78 is 5.71. The van der Waals surface area contributed by atoms with Crippen LogP contribution in [0.2, 0.25) is 0 Å². The van der Waals surface area contributed by atoms with Crippen molar-refractivity contribution < 1.29 is 14.3 Å². The number of hydrogen-bond donors (Lipinski definition) is 1. The number of carboxylic acid groups (broad SMARTS) is 1. The molecule has 0 bridgehead atoms. The molecule has 21 heavy (non-hydrogen) atoms. The molecule has 0 aliphatic heterocycles. The van der Waals surface area contributed by atoms with Crippen molar-refractivity contribution in [2.45, 2.75) is 13.5 Å². The third-order valence-electron chi connectivity index (χ3n) is 3.07. The van der Waals surface area contributed by atoms with Gasteiger partial charge >= 0.3 is 5.97 Å². The minimum atomic E-state index is -0.974. The first kappa shape index (κ1) is 15.1. The molecule has 0 saturated heterocycles. The number of hydrogen-bond acceptors (Lipinski definition) is 3. The van der Waals surface area contributed by atoms with Crippen LogP contribution in [-0.4, -0.2) is 30.1 Å². The normalized spacial score (nSPS) is 11.9. The summed E-state index contributed by atoms with van der Waals surface area (Å²) in [5, 5.41) is 8.75. The fraction of sp³-hybridized carbons (Fsp3) is 0.235. The van der Waals surface area contributed by atoms with Gasteiger partial charge in [0.1, 0.15) is 11.5 Å². The minimum absolute atomic E-state index is 0.574. The third kappa shape index (κ3) is 4.07. The highest BCUT2D eigenvalue weighted by Crippen LogP contribution is 2.26. The number of carboxylic acids is 1. The smallest absolute Gasteiger partial charge is 0.328 e. The Morgan fingerprint density at radius 3 is 2.43 bits per heavy atom. The second kappa shape index (κ2) is 6.41. The second-order valence-corrected chi connectivity index (χ2v) is 5.26. The van der Waals surface area contributed by atoms with Crippen molar-refractivity contribution >= 4 is 11.5 Å². The van der Waals surface area contributed by atoms with Gasteiger partial charge in [-0.05, 0) is 44.3 Å². The van der Waals surface area contributed by atoms with E-state index in [1.54, 1.807) is 13.0 Å². The Kier molecular flexibility index (Phi) is 4.60. The average Bonchev–Trinajstić information content (AvgIpc) is 2.87. The van der Waals surface area contributed by atoms with E-state index in [2.05, 4.69) is 17.0 Å². The summed E-state index contributed by atoms with van der Waals surface area (Å²) in [5.41, 5.74) is 2.81. The number of furan rings is 1. The summed E-state index contributed by atoms with van der Waals surface area (Å²) in [4.78, 5) is 12.8. The summed E-state index contributed by atoms with van der Waals surface area (Å²) in [6, 6.07) is 11.8. The molecule has 4 nitrogen and oxygen atoms in total. The number of carbonyl (C=O) groups is 1. The Bertz CT molecular complexity index is 651. The van der Waals surface area contributed by atoms with Crippen molar-refractivity contribution in [3.05, 3.63) is 53.8 Å². The molecule has 0 radical (unpaired) electrons. The molecule has 0 spiro atoms. The standard InChI is InChI=1S/C17H19NO3/c1-12(10-17(19)20)15-8-9-16(21-15)14-6-4-13(5-7-14)11-18(2)3/h4-10H,11H2,1-3H3,(H,19,20)/b12-10+. The van der Waals surface area contributed by atoms with Gasteiger partial charge < -0.3 is 14.4 Å². The van der Waals surface area contributed by atoms with Crippen LogP contribution in [0.1, 0.15) is 18.2 Å². The lowest BCUT2D eigenvalue weighted by molar-refractivity contribution is -0.131. The zero-order valence-electron chi connectivity index (χ0n) is 12.5. The van der Waals surface area contributed by atoms with E-state index in [9.17, 15) is 4.79 Å². The van der Waals surface area contributed by atoms with Gasteiger partial charge in [0.25, 0.3) is 0 Å². The molecule has 0 aliphatic rings. The summed E-state index contributed by atoms with van der Waals surface area (Å²) >= 11 is 0. The van der Waals surface area contributed by atoms with Crippen LogP contribution in [0.5, 0.6) is 0 Å². The maximum atomic E-state index is 10.7. The molecule has 2 aromatic rings. The predicted octanol–water partition coefficient (Wildman–Crippen LogP) is 3.50. The lowest BCUT2D eigenvalue weighted by Gasteiger charge is -2.09. The van der Waals surface area contributed by atoms with Gasteiger partial charge in [-0.25, -0.2) is 4.79 Å². The zero-order valence-corrected chi connectivity index (χ0v) is 12.5. The molecule has 0 aliphatic carbocycles. The highest BCUT2D eigenvalue weighted by Gasteiger charge is 2.07. The Morgan fingerprint density at radius 2 is 1.86 bits per heavy atom. The van der Waals surface area contributed by atoms with Crippen molar-refractivity contribution in [3.63, 3.8) is 0 Å². The number of benzene rings is 1. The summed E-state index contributed by atoms with van der Waals surface area (Å²) in [5.74, 6) is 0.336. The molecule has 1 aromatic carbocycles. The van der Waals surface area contributed by atoms with E-state index in [4.69, 9.17) is 9.52 Å². The summed E-state index contributed by atoms with van der Waals surface area (Å²) in [6.07, 6.45) is 1.14. The van der Waals surface area contributed by atoms with E-state index in [-0.39, 0.29) is 0 Å². The fourth-order valence-corrected chi connectivity index (χ4v) is 2.10. The molecule has 1 aromatic heterocycles. The molecule has 110 valence electrons. The van der Waals surface area contributed by atoms with Gasteiger partial charge in [-0.3, -0.25) is 0 Å². The summed E-state index contributed by atoms with van der Waals surface area (Å²) in [6.45, 7) is 2.61. The topological polar surface area (TPSA) is 53.7 Å². The first-order chi connectivity index (χ1) is 9.95. The first-order valence-electron chi connectivity index (χ1n) is 6.71. The van der Waals surface area contributed by atoms with Crippen molar-refractivity contribution in [1.29, 1.82) is 0 Å². The van der Waals surface area contributed by atoms with Crippen molar-refractivity contribution in [2.75, 3.05) is 14.1 Å². The number of nitrogens with zero attached hydrogens (tertiary/aromatic N) is 1. The van der Waals surface area contributed by atoms with Crippen LogP contribution in [0.25, 0.3) is 16.9 Å². The Balaban J connectivity index is 2.20. The molecule has 0 fully saturated rings. The Labute approximate surface area is 124 Å². The molecule has 0 unspecified atom stereocenters. The van der Waals surface area contributed by atoms with E-state index in [1.807, 2.05) is 32.3 Å². The number of rotatable bonds is 5. The van der Waals surface area contributed by atoms with Gasteiger partial charge in [0.15, 0.2) is 0 Å². The van der Waals surface area contributed by atoms with Crippen LogP contribution < -0.4 is 0 Å². The third-order valence-corrected chi connectivity index (χ3v) is 3.07. The predicted molar refractivity (Wildman–Crippen MR) is 82.8 cm³/mol. The highest BCUT2D eigenvalue weighted by atomic mass is 16.4. The number of aliphatic carboxylic acids is 1. The van der Waals surface area contributed by atoms with E-state index in [0.717, 1.165) is 23.9 Å². The fourth-order valence-electron chi connectivity index (χ4n) is 2.10. The maximum Gasteiger partial charge on any atom is 0.328 e. The minimum Gasteiger partial charge on any atom is -0.478 e. The van der Waals surface area contributed by atoms with Gasteiger partial charge in [0.05, 0.1) is 0 Å². The van der Waals surface area contributed by atoms with Crippen molar-refractivity contribution in [2.24, 2.45) is 0 Å². The molecule has 2 rings (SSSR count). The van der Waals surface area contributed by atoms with Crippen LogP contribution in [0.4, 0.5) is 0 Å². The highest BCUT2D eigenvalue weighted by molar-refractivity contribution is 5.88. The zero-order chi connectivity index (χ0) is 15.4. The molecule has 1 heterocycles. The molecular formula is C17H19NO3. The van der Waals surface area contributed by atoms with Crippen LogP contribution >= 0.6 is 0 Å². The van der Waals surface area contributed by atoms with Crippen LogP contribution in [0.3, 0.4) is 0 Å². The molecule has 1 N–H and O–H groups in total. The average molecular weight is 285 g/mol. The van der Waals surface area contributed by atoms with Crippen LogP contribution in [-0.2, 0) is 11.3 Å². The number of allylic oxidation sites excluding steroid dienone is 1. The van der Waals surface area contributed by atoms with Crippen molar-refractivity contribution in [1.82, 2.24) is 4.90 Å². The van der Waals surface area contributed by atoms with E-state index in [1.165, 1.54) is 5.56 Å². The largest absolute Gasteiger partial charge is 0.478 e. The lowest BCUT2D eigenvalue weighted by Crippen LogP contribution is -2.10. The van der Waals surface area contributed by atoms with E-state index >= 15 is 0 Å². The maximum absolute atomic E-state index is 10.7. The van der Waals surface area contributed by atoms with Gasteiger partial charge in [-0.1, -0.05) is 24.3 Å². The van der Waals surface area contributed by atoms with E-state index < -0.39 is 5.97 Å².